The first-order valence-electron chi connectivity index (χ1n) is 7.03. The fraction of sp³-hybridized carbons (Fsp3) is 0.294. The van der Waals surface area contributed by atoms with Crippen molar-refractivity contribution in [1.82, 2.24) is 0 Å². The van der Waals surface area contributed by atoms with Crippen LogP contribution in [0.3, 0.4) is 0 Å². The van der Waals surface area contributed by atoms with E-state index in [4.69, 9.17) is 4.74 Å². The molecule has 0 unspecified atom stereocenters. The molecule has 2 aromatic carbocycles. The van der Waals surface area contributed by atoms with E-state index in [1.807, 2.05) is 24.3 Å². The molecule has 2 rings (SSSR count). The summed E-state index contributed by atoms with van der Waals surface area (Å²) in [5, 5.41) is 3.12. The maximum Gasteiger partial charge on any atom is 0.416 e. The third-order valence-corrected chi connectivity index (χ3v) is 3.34. The Labute approximate surface area is 127 Å². The molecule has 2 aromatic rings. The Hall–Kier alpha value is -2.17. The molecule has 0 amide bonds. The zero-order valence-electron chi connectivity index (χ0n) is 12.3. The number of methoxy groups -OCH3 is 1. The number of hydrogen-bond acceptors (Lipinski definition) is 2. The van der Waals surface area contributed by atoms with Crippen molar-refractivity contribution in [2.45, 2.75) is 19.0 Å². The molecule has 1 N–H and O–H groups in total. The van der Waals surface area contributed by atoms with Crippen LogP contribution in [0.15, 0.2) is 48.5 Å². The number of hydrogen-bond donors (Lipinski definition) is 1. The topological polar surface area (TPSA) is 21.3 Å². The smallest absolute Gasteiger partial charge is 0.416 e. The lowest BCUT2D eigenvalue weighted by molar-refractivity contribution is -0.137. The summed E-state index contributed by atoms with van der Waals surface area (Å²) in [5.41, 5.74) is 1.27. The largest absolute Gasteiger partial charge is 0.497 e. The van der Waals surface area contributed by atoms with Crippen LogP contribution in [0.2, 0.25) is 0 Å². The van der Waals surface area contributed by atoms with E-state index in [1.165, 1.54) is 17.7 Å². The van der Waals surface area contributed by atoms with E-state index in [0.29, 0.717) is 12.2 Å². The van der Waals surface area contributed by atoms with Gasteiger partial charge in [0.25, 0.3) is 0 Å². The summed E-state index contributed by atoms with van der Waals surface area (Å²) >= 11 is 0. The average molecular weight is 309 g/mol. The van der Waals surface area contributed by atoms with Crippen molar-refractivity contribution in [1.29, 1.82) is 0 Å². The number of halogens is 3. The van der Waals surface area contributed by atoms with Crippen LogP contribution in [-0.2, 0) is 12.6 Å². The predicted molar refractivity (Wildman–Crippen MR) is 81.2 cm³/mol. The monoisotopic (exact) mass is 309 g/mol. The van der Waals surface area contributed by atoms with Gasteiger partial charge in [0, 0.05) is 12.2 Å². The summed E-state index contributed by atoms with van der Waals surface area (Å²) in [7, 11) is 1.63. The highest BCUT2D eigenvalue weighted by Crippen LogP contribution is 2.29. The molecule has 0 fully saturated rings. The van der Waals surface area contributed by atoms with Crippen molar-refractivity contribution < 1.29 is 17.9 Å². The number of alkyl halides is 3. The maximum absolute atomic E-state index is 12.4. The normalized spacial score (nSPS) is 11.3. The van der Waals surface area contributed by atoms with E-state index < -0.39 is 11.7 Å². The third kappa shape index (κ3) is 4.69. The van der Waals surface area contributed by atoms with E-state index in [0.717, 1.165) is 30.7 Å². The molecule has 118 valence electrons. The van der Waals surface area contributed by atoms with Crippen molar-refractivity contribution in [3.05, 3.63) is 59.7 Å². The molecule has 5 heteroatoms. The minimum Gasteiger partial charge on any atom is -0.497 e. The van der Waals surface area contributed by atoms with Crippen LogP contribution in [-0.4, -0.2) is 13.7 Å². The molecule has 0 aliphatic carbocycles. The predicted octanol–water partition coefficient (Wildman–Crippen LogP) is 4.76. The lowest BCUT2D eigenvalue weighted by Crippen LogP contribution is -2.06. The van der Waals surface area contributed by atoms with Gasteiger partial charge in [0.2, 0.25) is 0 Å². The fourth-order valence-electron chi connectivity index (χ4n) is 2.09. The van der Waals surface area contributed by atoms with Crippen molar-refractivity contribution in [2.24, 2.45) is 0 Å². The van der Waals surface area contributed by atoms with Gasteiger partial charge >= 0.3 is 6.18 Å². The first-order chi connectivity index (χ1) is 10.5. The number of benzene rings is 2. The molecule has 0 atom stereocenters. The molecule has 0 aliphatic rings. The van der Waals surface area contributed by atoms with Crippen molar-refractivity contribution in [2.75, 3.05) is 19.0 Å². The second kappa shape index (κ2) is 7.20. The molecule has 0 saturated heterocycles. The van der Waals surface area contributed by atoms with Gasteiger partial charge in [-0.25, -0.2) is 0 Å². The second-order valence-electron chi connectivity index (χ2n) is 4.95. The van der Waals surface area contributed by atoms with Crippen LogP contribution in [0, 0.1) is 0 Å². The molecule has 0 heterocycles. The van der Waals surface area contributed by atoms with E-state index in [-0.39, 0.29) is 0 Å². The highest BCUT2D eigenvalue weighted by Gasteiger charge is 2.29. The molecular formula is C17H18F3NO. The Bertz CT molecular complexity index is 576. The second-order valence-corrected chi connectivity index (χ2v) is 4.95. The summed E-state index contributed by atoms with van der Waals surface area (Å²) in [6.45, 7) is 0.706. The van der Waals surface area contributed by atoms with Crippen molar-refractivity contribution >= 4 is 5.69 Å². The van der Waals surface area contributed by atoms with Gasteiger partial charge in [-0.2, -0.15) is 13.2 Å². The lowest BCUT2D eigenvalue weighted by atomic mass is 10.1. The Morgan fingerprint density at radius 3 is 2.14 bits per heavy atom. The van der Waals surface area contributed by atoms with Crippen molar-refractivity contribution in [3.8, 4) is 5.75 Å². The standard InChI is InChI=1S/C17H18F3NO/c1-22-16-10-4-13(5-11-16)3-2-12-21-15-8-6-14(7-9-15)17(18,19)20/h4-11,21H,2-3,12H2,1H3. The van der Waals surface area contributed by atoms with Gasteiger partial charge in [0.1, 0.15) is 5.75 Å². The Morgan fingerprint density at radius 2 is 1.59 bits per heavy atom. The fourth-order valence-corrected chi connectivity index (χ4v) is 2.09. The zero-order chi connectivity index (χ0) is 16.0. The average Bonchev–Trinajstić information content (AvgIpc) is 2.52. The van der Waals surface area contributed by atoms with Gasteiger partial charge in [0.05, 0.1) is 12.7 Å². The molecule has 0 aliphatic heterocycles. The molecule has 0 saturated carbocycles. The van der Waals surface area contributed by atoms with Gasteiger partial charge in [-0.1, -0.05) is 12.1 Å². The molecular weight excluding hydrogens is 291 g/mol. The van der Waals surface area contributed by atoms with E-state index in [1.54, 1.807) is 7.11 Å². The summed E-state index contributed by atoms with van der Waals surface area (Å²) in [6.07, 6.45) is -2.49. The Kier molecular flexibility index (Phi) is 5.31. The Balaban J connectivity index is 1.76. The highest BCUT2D eigenvalue weighted by molar-refractivity contribution is 5.45. The van der Waals surface area contributed by atoms with Crippen LogP contribution in [0.4, 0.5) is 18.9 Å². The molecule has 22 heavy (non-hydrogen) atoms. The summed E-state index contributed by atoms with van der Waals surface area (Å²) < 4.78 is 42.4. The minimum atomic E-state index is -4.28. The number of aryl methyl sites for hydroxylation is 1. The van der Waals surface area contributed by atoms with E-state index in [9.17, 15) is 13.2 Å². The first-order valence-corrected chi connectivity index (χ1v) is 7.03. The van der Waals surface area contributed by atoms with E-state index >= 15 is 0 Å². The van der Waals surface area contributed by atoms with Crippen LogP contribution in [0.5, 0.6) is 5.75 Å². The van der Waals surface area contributed by atoms with Crippen LogP contribution in [0.25, 0.3) is 0 Å². The highest BCUT2D eigenvalue weighted by atomic mass is 19.4. The number of nitrogens with one attached hydrogen (secondary N) is 1. The third-order valence-electron chi connectivity index (χ3n) is 3.34. The molecule has 2 nitrogen and oxygen atoms in total. The Morgan fingerprint density at radius 1 is 0.955 bits per heavy atom. The van der Waals surface area contributed by atoms with Crippen LogP contribution in [0.1, 0.15) is 17.5 Å². The summed E-state index contributed by atoms with van der Waals surface area (Å²) in [4.78, 5) is 0. The molecule has 0 bridgehead atoms. The van der Waals surface area contributed by atoms with E-state index in [2.05, 4.69) is 5.32 Å². The number of ether oxygens (including phenoxy) is 1. The number of rotatable bonds is 6. The SMILES string of the molecule is COc1ccc(CCCNc2ccc(C(F)(F)F)cc2)cc1. The van der Waals surface area contributed by atoms with Crippen LogP contribution >= 0.6 is 0 Å². The summed E-state index contributed by atoms with van der Waals surface area (Å²) in [5.74, 6) is 0.826. The van der Waals surface area contributed by atoms with Crippen LogP contribution < -0.4 is 10.1 Å². The zero-order valence-corrected chi connectivity index (χ0v) is 12.3. The van der Waals surface area contributed by atoms with Gasteiger partial charge in [-0.05, 0) is 54.8 Å². The number of anilines is 1. The minimum absolute atomic E-state index is 0.628. The first kappa shape index (κ1) is 16.2. The molecule has 0 spiro atoms. The van der Waals surface area contributed by atoms with Crippen molar-refractivity contribution in [3.63, 3.8) is 0 Å². The molecule has 0 aromatic heterocycles. The van der Waals surface area contributed by atoms with Gasteiger partial charge in [0.15, 0.2) is 0 Å². The lowest BCUT2D eigenvalue weighted by Gasteiger charge is -2.09. The summed E-state index contributed by atoms with van der Waals surface area (Å²) in [6, 6.07) is 12.9. The quantitative estimate of drug-likeness (QED) is 0.777. The molecule has 0 radical (unpaired) electrons. The van der Waals surface area contributed by atoms with Gasteiger partial charge in [-0.15, -0.1) is 0 Å². The van der Waals surface area contributed by atoms with Gasteiger partial charge in [-0.3, -0.25) is 0 Å². The van der Waals surface area contributed by atoms with Gasteiger partial charge < -0.3 is 10.1 Å². The maximum atomic E-state index is 12.4.